The number of pyridine rings is 1. The smallest absolute Gasteiger partial charge is 0.358 e. The summed E-state index contributed by atoms with van der Waals surface area (Å²) in [7, 11) is 0. The van der Waals surface area contributed by atoms with Crippen molar-refractivity contribution in [1.29, 1.82) is 0 Å². The molecule has 1 radical (unpaired) electrons. The number of nitrogens with zero attached hydrogens (tertiary/aromatic N) is 1. The monoisotopic (exact) mass is 374 g/mol. The van der Waals surface area contributed by atoms with Crippen LogP contribution in [0.5, 0.6) is 0 Å². The van der Waals surface area contributed by atoms with Gasteiger partial charge in [0.1, 0.15) is 0 Å². The van der Waals surface area contributed by atoms with Gasteiger partial charge in [0, 0.05) is 11.1 Å². The summed E-state index contributed by atoms with van der Waals surface area (Å²) in [6.45, 7) is 11.8. The fraction of sp³-hybridized carbons (Fsp3) is 0.263. The number of fused-ring (bicyclic) bond motifs is 1. The molecule has 1 aromatic heterocycles. The zero-order valence-corrected chi connectivity index (χ0v) is 16.0. The second-order valence-electron chi connectivity index (χ2n) is 3.64. The van der Waals surface area contributed by atoms with Gasteiger partial charge in [0.15, 0.2) is 0 Å². The molecule has 0 spiro atoms. The fourth-order valence-corrected chi connectivity index (χ4v) is 1.77. The van der Waals surface area contributed by atoms with E-state index in [0.717, 1.165) is 30.5 Å². The third-order valence-electron chi connectivity index (χ3n) is 2.56. The summed E-state index contributed by atoms with van der Waals surface area (Å²) < 4.78 is 0. The van der Waals surface area contributed by atoms with Crippen LogP contribution in [0.15, 0.2) is 30.3 Å². The molecule has 1 nitrogen and oxygen atoms in total. The summed E-state index contributed by atoms with van der Waals surface area (Å²) >= 11 is 0. The van der Waals surface area contributed by atoms with E-state index in [0.29, 0.717) is 0 Å². The summed E-state index contributed by atoms with van der Waals surface area (Å²) in [5.41, 5.74) is 3.44. The Bertz CT molecular complexity index is 466. The average molecular weight is 374 g/mol. The van der Waals surface area contributed by atoms with E-state index in [1.807, 2.05) is 13.8 Å². The molecule has 0 aliphatic heterocycles. The molecule has 2 aromatic rings. The standard InChI is InChI=1S/C14H15N.C2H6.3CH3.Ru/c1-3-6-13-10-9-12-8-5-7-11(4-2)14(12)15-13;1-2;;;;/h5,7-10H,1-4,6H2;1-2H3;3*1H3;/q-2;;3*-1;+5. The zero-order valence-electron chi connectivity index (χ0n) is 14.2. The van der Waals surface area contributed by atoms with E-state index < -0.39 is 0 Å². The van der Waals surface area contributed by atoms with Gasteiger partial charge in [0.2, 0.25) is 0 Å². The number of rotatable bonds is 3. The SMILES string of the molecule is CC.[CH2-]CCc1ccc2cccc(C[CH2-])c2n1.[CH3-].[CH3-].[CH3-].[Ru+5]. The Morgan fingerprint density at radius 2 is 1.57 bits per heavy atom. The molecule has 0 amide bonds. The van der Waals surface area contributed by atoms with Crippen LogP contribution in [0.4, 0.5) is 0 Å². The Hall–Kier alpha value is -0.747. The average Bonchev–Trinajstić information content (AvgIpc) is 2.40. The van der Waals surface area contributed by atoms with Gasteiger partial charge in [-0.1, -0.05) is 43.7 Å². The van der Waals surface area contributed by atoms with Gasteiger partial charge in [-0.3, -0.25) is 4.98 Å². The molecule has 0 saturated heterocycles. The minimum atomic E-state index is 0. The van der Waals surface area contributed by atoms with Crippen molar-refractivity contribution < 1.29 is 19.5 Å². The van der Waals surface area contributed by atoms with E-state index in [1.165, 1.54) is 10.9 Å². The summed E-state index contributed by atoms with van der Waals surface area (Å²) in [6, 6.07) is 10.5. The van der Waals surface area contributed by atoms with Crippen molar-refractivity contribution in [3.05, 3.63) is 77.7 Å². The van der Waals surface area contributed by atoms with E-state index in [-0.39, 0.29) is 41.8 Å². The van der Waals surface area contributed by atoms with Gasteiger partial charge < -0.3 is 36.1 Å². The molecule has 119 valence electrons. The Morgan fingerprint density at radius 1 is 0.952 bits per heavy atom. The Morgan fingerprint density at radius 3 is 2.10 bits per heavy atom. The Kier molecular flexibility index (Phi) is 21.2. The van der Waals surface area contributed by atoms with Gasteiger partial charge in [0.05, 0.1) is 5.52 Å². The van der Waals surface area contributed by atoms with Crippen molar-refractivity contribution >= 4 is 10.9 Å². The quantitative estimate of drug-likeness (QED) is 0.493. The van der Waals surface area contributed by atoms with E-state index >= 15 is 0 Å². The first kappa shape index (κ1) is 28.4. The van der Waals surface area contributed by atoms with Gasteiger partial charge in [-0.25, -0.2) is 0 Å². The van der Waals surface area contributed by atoms with E-state index in [1.54, 1.807) is 0 Å². The molecule has 0 unspecified atom stereocenters. The maximum atomic E-state index is 4.66. The van der Waals surface area contributed by atoms with Crippen LogP contribution in [0.1, 0.15) is 31.5 Å². The second kappa shape index (κ2) is 15.6. The third kappa shape index (κ3) is 7.72. The predicted molar refractivity (Wildman–Crippen MR) is 95.1 cm³/mol. The first-order chi connectivity index (χ1) is 8.35. The molecule has 21 heavy (non-hydrogen) atoms. The van der Waals surface area contributed by atoms with Gasteiger partial charge in [-0.05, 0) is 12.5 Å². The van der Waals surface area contributed by atoms with Crippen molar-refractivity contribution in [2.24, 2.45) is 0 Å². The normalized spacial score (nSPS) is 8.00. The molecule has 0 N–H and O–H groups in total. The molecule has 0 atom stereocenters. The van der Waals surface area contributed by atoms with Gasteiger partial charge in [-0.2, -0.15) is 12.8 Å². The van der Waals surface area contributed by atoms with E-state index in [4.69, 9.17) is 0 Å². The maximum Gasteiger partial charge on any atom is 5.00 e. The van der Waals surface area contributed by atoms with Crippen LogP contribution in [0, 0.1) is 36.1 Å². The van der Waals surface area contributed by atoms with Crippen LogP contribution in [0.2, 0.25) is 0 Å². The van der Waals surface area contributed by atoms with Crippen LogP contribution in [0.3, 0.4) is 0 Å². The molecule has 2 heteroatoms. The number of aromatic nitrogens is 1. The molecule has 0 aliphatic rings. The van der Waals surface area contributed by atoms with Crippen molar-refractivity contribution in [3.8, 4) is 0 Å². The van der Waals surface area contributed by atoms with Crippen molar-refractivity contribution in [2.45, 2.75) is 33.1 Å². The molecule has 0 aliphatic carbocycles. The van der Waals surface area contributed by atoms with E-state index in [9.17, 15) is 0 Å². The zero-order chi connectivity index (χ0) is 12.7. The molecular weight excluding hydrogens is 343 g/mol. The molecule has 1 heterocycles. The molecular formula is C19H30NRu. The summed E-state index contributed by atoms with van der Waals surface area (Å²) in [5.74, 6) is 0. The van der Waals surface area contributed by atoms with Gasteiger partial charge in [0.25, 0.3) is 0 Å². The minimum absolute atomic E-state index is 0. The summed E-state index contributed by atoms with van der Waals surface area (Å²) in [5, 5.41) is 1.20. The van der Waals surface area contributed by atoms with Crippen LogP contribution in [0.25, 0.3) is 10.9 Å². The number of hydrogen-bond acceptors (Lipinski definition) is 1. The second-order valence-corrected chi connectivity index (χ2v) is 3.64. The largest absolute Gasteiger partial charge is 5.00 e. The van der Waals surface area contributed by atoms with Crippen LogP contribution < -0.4 is 0 Å². The van der Waals surface area contributed by atoms with Crippen LogP contribution >= 0.6 is 0 Å². The number of para-hydroxylation sites is 1. The number of aryl methyl sites for hydroxylation is 1. The first-order valence-electron chi connectivity index (χ1n) is 6.31. The summed E-state index contributed by atoms with van der Waals surface area (Å²) in [6.07, 6.45) is 2.63. The molecule has 2 rings (SSSR count). The van der Waals surface area contributed by atoms with Crippen molar-refractivity contribution in [2.75, 3.05) is 0 Å². The minimum Gasteiger partial charge on any atom is -0.358 e. The maximum absolute atomic E-state index is 4.66. The number of hydrogen-bond donors (Lipinski definition) is 0. The first-order valence-corrected chi connectivity index (χ1v) is 6.31. The van der Waals surface area contributed by atoms with Crippen LogP contribution in [-0.4, -0.2) is 4.98 Å². The topological polar surface area (TPSA) is 12.9 Å². The van der Waals surface area contributed by atoms with E-state index in [2.05, 4.69) is 49.2 Å². The molecule has 0 fully saturated rings. The van der Waals surface area contributed by atoms with Crippen molar-refractivity contribution in [1.82, 2.24) is 4.98 Å². The Balaban J connectivity index is -0.000000231. The Labute approximate surface area is 146 Å². The van der Waals surface area contributed by atoms with Gasteiger partial charge >= 0.3 is 19.5 Å². The molecule has 0 bridgehead atoms. The number of benzene rings is 1. The third-order valence-corrected chi connectivity index (χ3v) is 2.56. The van der Waals surface area contributed by atoms with Crippen molar-refractivity contribution in [3.63, 3.8) is 0 Å². The molecule has 1 aromatic carbocycles. The molecule has 0 saturated carbocycles. The van der Waals surface area contributed by atoms with Gasteiger partial charge in [-0.15, -0.1) is 0 Å². The fourth-order valence-electron chi connectivity index (χ4n) is 1.77. The summed E-state index contributed by atoms with van der Waals surface area (Å²) in [4.78, 5) is 4.66. The van der Waals surface area contributed by atoms with Crippen LogP contribution in [-0.2, 0) is 32.3 Å². The predicted octanol–water partition coefficient (Wildman–Crippen LogP) is 5.75.